The Hall–Kier alpha value is 0.150. The Kier molecular flexibility index (Phi) is 4.39. The van der Waals surface area contributed by atoms with Gasteiger partial charge in [-0.25, -0.2) is 0 Å². The molecule has 0 aliphatic rings. The summed E-state index contributed by atoms with van der Waals surface area (Å²) in [6.45, 7) is 9.76. The fraction of sp³-hybridized carbons (Fsp3) is 1.00. The third-order valence-corrected chi connectivity index (χ3v) is 4.82. The smallest absolute Gasteiger partial charge is 0.324 e. The van der Waals surface area contributed by atoms with E-state index in [1.54, 1.807) is 0 Å². The third-order valence-electron chi connectivity index (χ3n) is 2.79. The maximum absolute atomic E-state index is 11.5. The van der Waals surface area contributed by atoms with Crippen molar-refractivity contribution in [2.45, 2.75) is 59.0 Å². The van der Waals surface area contributed by atoms with Crippen molar-refractivity contribution in [2.24, 2.45) is 5.41 Å². The van der Waals surface area contributed by atoms with Crippen molar-refractivity contribution in [1.29, 1.82) is 0 Å². The zero-order valence-corrected chi connectivity index (χ0v) is 10.8. The summed E-state index contributed by atoms with van der Waals surface area (Å²) in [6.07, 6.45) is 1.63. The second-order valence-corrected chi connectivity index (χ2v) is 7.25. The Labute approximate surface area is 87.1 Å². The summed E-state index contributed by atoms with van der Waals surface area (Å²) in [7, 11) is -4.00. The molecule has 0 aromatic heterocycles. The molecule has 0 rings (SSSR count). The van der Waals surface area contributed by atoms with Crippen LogP contribution in [-0.4, -0.2) is 14.9 Å². The van der Waals surface area contributed by atoms with Crippen LogP contribution in [0.4, 0.5) is 0 Å². The molecule has 86 valence electrons. The Balaban J connectivity index is 5.01. The predicted octanol–water partition coefficient (Wildman–Crippen LogP) is 3.16. The number of hydrogen-bond acceptors (Lipinski definition) is 1. The average molecular weight is 222 g/mol. The molecule has 0 radical (unpaired) electrons. The lowest BCUT2D eigenvalue weighted by Gasteiger charge is -2.37. The van der Waals surface area contributed by atoms with Gasteiger partial charge in [0, 0.05) is 0 Å². The zero-order valence-electron chi connectivity index (χ0n) is 9.87. The molecule has 0 aliphatic heterocycles. The average Bonchev–Trinajstić information content (AvgIpc) is 1.96. The summed E-state index contributed by atoms with van der Waals surface area (Å²) in [6, 6.07) is 0. The highest BCUT2D eigenvalue weighted by atomic mass is 31.2. The highest BCUT2D eigenvalue weighted by molar-refractivity contribution is 7.53. The molecule has 0 aromatic carbocycles. The van der Waals surface area contributed by atoms with Gasteiger partial charge in [0.05, 0.1) is 5.16 Å². The SMILES string of the molecule is CCC(CC)(CC(C)(C)C)P(=O)(O)O. The van der Waals surface area contributed by atoms with Gasteiger partial charge in [-0.15, -0.1) is 0 Å². The van der Waals surface area contributed by atoms with Crippen LogP contribution in [0, 0.1) is 5.41 Å². The topological polar surface area (TPSA) is 57.5 Å². The van der Waals surface area contributed by atoms with Crippen molar-refractivity contribution in [3.05, 3.63) is 0 Å². The Morgan fingerprint density at radius 3 is 1.50 bits per heavy atom. The monoisotopic (exact) mass is 222 g/mol. The molecule has 0 unspecified atom stereocenters. The van der Waals surface area contributed by atoms with E-state index in [1.165, 1.54) is 0 Å². The maximum atomic E-state index is 11.5. The van der Waals surface area contributed by atoms with Gasteiger partial charge < -0.3 is 9.79 Å². The van der Waals surface area contributed by atoms with Gasteiger partial charge in [0.15, 0.2) is 0 Å². The molecule has 2 N–H and O–H groups in total. The van der Waals surface area contributed by atoms with E-state index in [9.17, 15) is 14.4 Å². The lowest BCUT2D eigenvalue weighted by Crippen LogP contribution is -2.32. The molecule has 0 saturated heterocycles. The Morgan fingerprint density at radius 1 is 1.07 bits per heavy atom. The van der Waals surface area contributed by atoms with E-state index in [4.69, 9.17) is 0 Å². The highest BCUT2D eigenvalue weighted by Gasteiger charge is 2.45. The minimum absolute atomic E-state index is 0.0485. The molecule has 0 heterocycles. The molecule has 0 bridgehead atoms. The first-order chi connectivity index (χ1) is 6.08. The van der Waals surface area contributed by atoms with Crippen LogP contribution in [0.25, 0.3) is 0 Å². The molecule has 0 atom stereocenters. The molecule has 0 fully saturated rings. The molecule has 0 aromatic rings. The highest BCUT2D eigenvalue weighted by Crippen LogP contribution is 2.58. The predicted molar refractivity (Wildman–Crippen MR) is 59.4 cm³/mol. The minimum Gasteiger partial charge on any atom is -0.324 e. The lowest BCUT2D eigenvalue weighted by molar-refractivity contribution is 0.245. The van der Waals surface area contributed by atoms with Crippen molar-refractivity contribution in [3.63, 3.8) is 0 Å². The zero-order chi connectivity index (χ0) is 11.6. The first kappa shape index (κ1) is 14.2. The van der Waals surface area contributed by atoms with Crippen LogP contribution < -0.4 is 0 Å². The number of rotatable bonds is 4. The van der Waals surface area contributed by atoms with Gasteiger partial charge in [-0.1, -0.05) is 34.6 Å². The van der Waals surface area contributed by atoms with Crippen LogP contribution in [0.5, 0.6) is 0 Å². The molecule has 0 aliphatic carbocycles. The summed E-state index contributed by atoms with van der Waals surface area (Å²) in [4.78, 5) is 18.8. The van der Waals surface area contributed by atoms with Gasteiger partial charge in [0.1, 0.15) is 0 Å². The van der Waals surface area contributed by atoms with Crippen LogP contribution in [0.2, 0.25) is 0 Å². The van der Waals surface area contributed by atoms with Crippen molar-refractivity contribution in [1.82, 2.24) is 0 Å². The van der Waals surface area contributed by atoms with Crippen LogP contribution in [0.1, 0.15) is 53.9 Å². The Bertz CT molecular complexity index is 220. The van der Waals surface area contributed by atoms with Crippen LogP contribution in [0.3, 0.4) is 0 Å². The molecule has 0 spiro atoms. The molecule has 14 heavy (non-hydrogen) atoms. The Morgan fingerprint density at radius 2 is 1.43 bits per heavy atom. The first-order valence-electron chi connectivity index (χ1n) is 5.13. The van der Waals surface area contributed by atoms with Crippen molar-refractivity contribution < 1.29 is 14.4 Å². The van der Waals surface area contributed by atoms with Gasteiger partial charge in [-0.05, 0) is 24.7 Å². The van der Waals surface area contributed by atoms with Crippen LogP contribution >= 0.6 is 7.60 Å². The molecule has 0 amide bonds. The summed E-state index contributed by atoms with van der Waals surface area (Å²) in [5.74, 6) is 0. The van der Waals surface area contributed by atoms with E-state index in [2.05, 4.69) is 0 Å². The van der Waals surface area contributed by atoms with E-state index in [-0.39, 0.29) is 5.41 Å². The van der Waals surface area contributed by atoms with E-state index >= 15 is 0 Å². The second-order valence-electron chi connectivity index (χ2n) is 5.21. The van der Waals surface area contributed by atoms with E-state index in [0.29, 0.717) is 19.3 Å². The lowest BCUT2D eigenvalue weighted by atomic mass is 9.81. The fourth-order valence-corrected chi connectivity index (χ4v) is 3.51. The normalized spacial score (nSPS) is 14.5. The van der Waals surface area contributed by atoms with Crippen molar-refractivity contribution in [2.75, 3.05) is 0 Å². The molecule has 0 saturated carbocycles. The van der Waals surface area contributed by atoms with Crippen molar-refractivity contribution >= 4 is 7.60 Å². The summed E-state index contributed by atoms with van der Waals surface area (Å²) < 4.78 is 11.5. The van der Waals surface area contributed by atoms with Gasteiger partial charge in [0.2, 0.25) is 0 Å². The fourth-order valence-electron chi connectivity index (χ4n) is 2.00. The standard InChI is InChI=1S/C10H23O3P/c1-6-10(7-2,14(11,12)13)8-9(3,4)5/h6-8H2,1-5H3,(H2,11,12,13). The van der Waals surface area contributed by atoms with Gasteiger partial charge in [-0.3, -0.25) is 4.57 Å². The third kappa shape index (κ3) is 3.38. The quantitative estimate of drug-likeness (QED) is 0.718. The van der Waals surface area contributed by atoms with Crippen molar-refractivity contribution in [3.8, 4) is 0 Å². The van der Waals surface area contributed by atoms with E-state index in [0.717, 1.165) is 0 Å². The van der Waals surface area contributed by atoms with E-state index in [1.807, 2.05) is 34.6 Å². The molecule has 4 heteroatoms. The maximum Gasteiger partial charge on any atom is 0.331 e. The second kappa shape index (κ2) is 4.34. The summed E-state index contributed by atoms with van der Waals surface area (Å²) in [5.41, 5.74) is -0.0485. The van der Waals surface area contributed by atoms with Gasteiger partial charge >= 0.3 is 7.60 Å². The van der Waals surface area contributed by atoms with Crippen LogP contribution in [0.15, 0.2) is 0 Å². The van der Waals surface area contributed by atoms with Crippen LogP contribution in [-0.2, 0) is 4.57 Å². The summed E-state index contributed by atoms with van der Waals surface area (Å²) in [5, 5.41) is -0.828. The van der Waals surface area contributed by atoms with Gasteiger partial charge in [-0.2, -0.15) is 0 Å². The largest absolute Gasteiger partial charge is 0.331 e. The van der Waals surface area contributed by atoms with E-state index < -0.39 is 12.8 Å². The van der Waals surface area contributed by atoms with Gasteiger partial charge in [0.25, 0.3) is 0 Å². The number of hydrogen-bond donors (Lipinski definition) is 2. The first-order valence-corrected chi connectivity index (χ1v) is 6.75. The molecular formula is C10H23O3P. The minimum atomic E-state index is -4.00. The molecular weight excluding hydrogens is 199 g/mol. The molecule has 3 nitrogen and oxygen atoms in total. The summed E-state index contributed by atoms with van der Waals surface area (Å²) >= 11 is 0.